The molecule has 1 N–H and O–H groups in total. The average molecular weight is 241 g/mol. The third-order valence-corrected chi connectivity index (χ3v) is 3.18. The highest BCUT2D eigenvalue weighted by atomic mass is 35.5. The monoisotopic (exact) mass is 240 g/mol. The van der Waals surface area contributed by atoms with Crippen LogP contribution in [0.5, 0.6) is 0 Å². The van der Waals surface area contributed by atoms with Gasteiger partial charge in [0.25, 0.3) is 0 Å². The molecule has 1 saturated heterocycles. The lowest BCUT2D eigenvalue weighted by Crippen LogP contribution is -2.34. The van der Waals surface area contributed by atoms with E-state index in [0.717, 1.165) is 31.4 Å². The first-order chi connectivity index (χ1) is 7.75. The maximum absolute atomic E-state index is 5.77. The predicted molar refractivity (Wildman–Crippen MR) is 65.9 cm³/mol. The maximum Gasteiger partial charge on any atom is 0.224 e. The van der Waals surface area contributed by atoms with Crippen LogP contribution in [-0.4, -0.2) is 36.6 Å². The molecule has 16 heavy (non-hydrogen) atoms. The molecule has 4 nitrogen and oxygen atoms in total. The number of anilines is 1. The van der Waals surface area contributed by atoms with Gasteiger partial charge < -0.3 is 10.2 Å². The van der Waals surface area contributed by atoms with Crippen LogP contribution in [0.25, 0.3) is 0 Å². The molecule has 0 bridgehead atoms. The second-order valence-electron chi connectivity index (χ2n) is 4.26. The van der Waals surface area contributed by atoms with Gasteiger partial charge in [-0.1, -0.05) is 0 Å². The van der Waals surface area contributed by atoms with E-state index in [1.165, 1.54) is 12.8 Å². The van der Waals surface area contributed by atoms with Crippen molar-refractivity contribution in [3.8, 4) is 0 Å². The van der Waals surface area contributed by atoms with E-state index in [-0.39, 0.29) is 0 Å². The van der Waals surface area contributed by atoms with Crippen LogP contribution in [-0.2, 0) is 0 Å². The molecule has 88 valence electrons. The van der Waals surface area contributed by atoms with Crippen molar-refractivity contribution in [2.75, 3.05) is 31.6 Å². The zero-order valence-electron chi connectivity index (χ0n) is 9.49. The van der Waals surface area contributed by atoms with E-state index in [1.54, 1.807) is 6.20 Å². The van der Waals surface area contributed by atoms with Gasteiger partial charge in [0.2, 0.25) is 5.28 Å². The normalized spacial score (nSPS) is 17.4. The van der Waals surface area contributed by atoms with E-state index < -0.39 is 0 Å². The van der Waals surface area contributed by atoms with Crippen LogP contribution in [0.1, 0.15) is 12.8 Å². The first kappa shape index (κ1) is 11.6. The number of aromatic nitrogens is 2. The summed E-state index contributed by atoms with van der Waals surface area (Å²) in [7, 11) is 2.06. The molecule has 0 unspecified atom stereocenters. The molecule has 0 radical (unpaired) electrons. The molecular weight excluding hydrogens is 224 g/mol. The molecule has 1 fully saturated rings. The number of piperidine rings is 1. The Hall–Kier alpha value is -0.870. The van der Waals surface area contributed by atoms with Crippen molar-refractivity contribution in [1.82, 2.24) is 15.3 Å². The molecule has 0 aliphatic carbocycles. The topological polar surface area (TPSA) is 41.0 Å². The Balaban J connectivity index is 1.94. The van der Waals surface area contributed by atoms with E-state index >= 15 is 0 Å². The molecule has 5 heteroatoms. The zero-order valence-corrected chi connectivity index (χ0v) is 10.2. The van der Waals surface area contributed by atoms with Gasteiger partial charge in [0.15, 0.2) is 0 Å². The van der Waals surface area contributed by atoms with Gasteiger partial charge in [-0.05, 0) is 49.5 Å². The van der Waals surface area contributed by atoms with E-state index in [1.807, 2.05) is 6.07 Å². The highest BCUT2D eigenvalue weighted by Crippen LogP contribution is 2.17. The van der Waals surface area contributed by atoms with Crippen LogP contribution >= 0.6 is 11.6 Å². The van der Waals surface area contributed by atoms with Crippen molar-refractivity contribution in [3.05, 3.63) is 17.5 Å². The summed E-state index contributed by atoms with van der Waals surface area (Å²) in [5.41, 5.74) is 0. The lowest BCUT2D eigenvalue weighted by atomic mass is 9.98. The van der Waals surface area contributed by atoms with Gasteiger partial charge in [-0.25, -0.2) is 9.97 Å². The van der Waals surface area contributed by atoms with E-state index in [9.17, 15) is 0 Å². The minimum Gasteiger partial charge on any atom is -0.359 e. The van der Waals surface area contributed by atoms with Crippen molar-refractivity contribution in [1.29, 1.82) is 0 Å². The molecule has 1 aromatic rings. The Morgan fingerprint density at radius 3 is 2.94 bits per heavy atom. The highest BCUT2D eigenvalue weighted by molar-refractivity contribution is 6.28. The van der Waals surface area contributed by atoms with E-state index in [0.29, 0.717) is 5.28 Å². The van der Waals surface area contributed by atoms with Gasteiger partial charge in [-0.3, -0.25) is 0 Å². The molecule has 2 heterocycles. The first-order valence-electron chi connectivity index (χ1n) is 5.66. The molecule has 1 aromatic heterocycles. The molecule has 1 aliphatic rings. The number of rotatable bonds is 3. The molecule has 0 spiro atoms. The van der Waals surface area contributed by atoms with Gasteiger partial charge in [0.05, 0.1) is 0 Å². The smallest absolute Gasteiger partial charge is 0.224 e. The first-order valence-corrected chi connectivity index (χ1v) is 6.04. The van der Waals surface area contributed by atoms with Gasteiger partial charge in [0, 0.05) is 19.8 Å². The van der Waals surface area contributed by atoms with Gasteiger partial charge in [-0.2, -0.15) is 0 Å². The standard InChI is InChI=1S/C11H17ClN4/c1-16(8-9-2-5-13-6-3-9)10-4-7-14-11(12)15-10/h4,7,9,13H,2-3,5-6,8H2,1H3. The summed E-state index contributed by atoms with van der Waals surface area (Å²) in [5, 5.41) is 3.69. The Labute approximate surface area is 101 Å². The average Bonchev–Trinajstić information content (AvgIpc) is 2.30. The highest BCUT2D eigenvalue weighted by Gasteiger charge is 2.15. The Bertz CT molecular complexity index is 339. The molecule has 0 amide bonds. The zero-order chi connectivity index (χ0) is 11.4. The number of nitrogens with zero attached hydrogens (tertiary/aromatic N) is 3. The van der Waals surface area contributed by atoms with E-state index in [4.69, 9.17) is 11.6 Å². The van der Waals surface area contributed by atoms with Crippen molar-refractivity contribution in [2.24, 2.45) is 5.92 Å². The summed E-state index contributed by atoms with van der Waals surface area (Å²) in [6, 6.07) is 1.90. The summed E-state index contributed by atoms with van der Waals surface area (Å²) in [4.78, 5) is 10.2. The van der Waals surface area contributed by atoms with Gasteiger partial charge in [-0.15, -0.1) is 0 Å². The van der Waals surface area contributed by atoms with Crippen LogP contribution in [0.3, 0.4) is 0 Å². The SMILES string of the molecule is CN(CC1CCNCC1)c1ccnc(Cl)n1. The molecule has 1 aliphatic heterocycles. The largest absolute Gasteiger partial charge is 0.359 e. The summed E-state index contributed by atoms with van der Waals surface area (Å²) in [5.74, 6) is 1.65. The summed E-state index contributed by atoms with van der Waals surface area (Å²) < 4.78 is 0. The molecule has 0 aromatic carbocycles. The number of nitrogens with one attached hydrogen (secondary N) is 1. The van der Waals surface area contributed by atoms with Gasteiger partial charge in [0.1, 0.15) is 5.82 Å². The van der Waals surface area contributed by atoms with Gasteiger partial charge >= 0.3 is 0 Å². The summed E-state index contributed by atoms with van der Waals surface area (Å²) >= 11 is 5.77. The van der Waals surface area contributed by atoms with E-state index in [2.05, 4.69) is 27.2 Å². The Kier molecular flexibility index (Phi) is 3.96. The maximum atomic E-state index is 5.77. The fourth-order valence-corrected chi connectivity index (χ4v) is 2.23. The Morgan fingerprint density at radius 2 is 2.25 bits per heavy atom. The lowest BCUT2D eigenvalue weighted by Gasteiger charge is -2.28. The molecule has 0 atom stereocenters. The van der Waals surface area contributed by atoms with Crippen LogP contribution in [0.2, 0.25) is 5.28 Å². The van der Waals surface area contributed by atoms with Crippen molar-refractivity contribution in [2.45, 2.75) is 12.8 Å². The minimum atomic E-state index is 0.315. The fraction of sp³-hybridized carbons (Fsp3) is 0.636. The Morgan fingerprint density at radius 1 is 1.50 bits per heavy atom. The minimum absolute atomic E-state index is 0.315. The summed E-state index contributed by atoms with van der Waals surface area (Å²) in [6.45, 7) is 3.29. The van der Waals surface area contributed by atoms with Crippen LogP contribution in [0.15, 0.2) is 12.3 Å². The third kappa shape index (κ3) is 3.06. The number of hydrogen-bond acceptors (Lipinski definition) is 4. The van der Waals surface area contributed by atoms with Crippen LogP contribution < -0.4 is 10.2 Å². The molecule has 0 saturated carbocycles. The summed E-state index contributed by atoms with van der Waals surface area (Å²) in [6.07, 6.45) is 4.18. The fourth-order valence-electron chi connectivity index (χ4n) is 2.08. The van der Waals surface area contributed by atoms with Crippen molar-refractivity contribution >= 4 is 17.4 Å². The quantitative estimate of drug-likeness (QED) is 0.815. The van der Waals surface area contributed by atoms with Crippen molar-refractivity contribution < 1.29 is 0 Å². The van der Waals surface area contributed by atoms with Crippen molar-refractivity contribution in [3.63, 3.8) is 0 Å². The second kappa shape index (κ2) is 5.46. The third-order valence-electron chi connectivity index (χ3n) is 2.99. The lowest BCUT2D eigenvalue weighted by molar-refractivity contribution is 0.377. The molecular formula is C11H17ClN4. The predicted octanol–water partition coefficient (Wildman–Crippen LogP) is 1.57. The second-order valence-corrected chi connectivity index (χ2v) is 4.60. The van der Waals surface area contributed by atoms with Crippen LogP contribution in [0, 0.1) is 5.92 Å². The number of hydrogen-bond donors (Lipinski definition) is 1. The van der Waals surface area contributed by atoms with Crippen LogP contribution in [0.4, 0.5) is 5.82 Å². The molecule has 2 rings (SSSR count). The number of halogens is 1.